The molecule has 0 aliphatic carbocycles. The Morgan fingerprint density at radius 3 is 2.35 bits per heavy atom. The van der Waals surface area contributed by atoms with E-state index in [9.17, 15) is 14.4 Å². The fraction of sp³-hybridized carbons (Fsp3) is 0.296. The SMILES string of the molecule is CCCc1[nH]c(C(=O)OC)cc1C(=O)c1ccc(-c2ccccc2C(=O)OCC(C)C)cc1F. The molecule has 0 bridgehead atoms. The number of ether oxygens (including phenoxy) is 2. The number of hydrogen-bond donors (Lipinski definition) is 1. The first-order chi connectivity index (χ1) is 16.3. The van der Waals surface area contributed by atoms with E-state index in [1.54, 1.807) is 30.3 Å². The van der Waals surface area contributed by atoms with Gasteiger partial charge in [0.05, 0.1) is 24.8 Å². The van der Waals surface area contributed by atoms with Crippen LogP contribution in [0.15, 0.2) is 48.5 Å². The molecule has 34 heavy (non-hydrogen) atoms. The van der Waals surface area contributed by atoms with E-state index in [0.29, 0.717) is 28.8 Å². The van der Waals surface area contributed by atoms with Crippen LogP contribution in [-0.4, -0.2) is 36.4 Å². The van der Waals surface area contributed by atoms with Gasteiger partial charge in [0.25, 0.3) is 0 Å². The number of rotatable bonds is 9. The number of nitrogens with one attached hydrogen (secondary N) is 1. The van der Waals surface area contributed by atoms with Gasteiger partial charge in [-0.1, -0.05) is 51.5 Å². The molecular weight excluding hydrogens is 437 g/mol. The summed E-state index contributed by atoms with van der Waals surface area (Å²) in [6, 6.07) is 12.4. The van der Waals surface area contributed by atoms with Gasteiger partial charge in [0.15, 0.2) is 5.78 Å². The predicted molar refractivity (Wildman–Crippen MR) is 127 cm³/mol. The van der Waals surface area contributed by atoms with Crippen LogP contribution in [0.2, 0.25) is 0 Å². The molecule has 1 heterocycles. The monoisotopic (exact) mass is 465 g/mol. The number of aromatic amines is 1. The highest BCUT2D eigenvalue weighted by atomic mass is 19.1. The molecule has 1 N–H and O–H groups in total. The normalized spacial score (nSPS) is 10.9. The highest BCUT2D eigenvalue weighted by Crippen LogP contribution is 2.28. The fourth-order valence-electron chi connectivity index (χ4n) is 3.61. The lowest BCUT2D eigenvalue weighted by atomic mass is 9.95. The van der Waals surface area contributed by atoms with Crippen molar-refractivity contribution in [1.82, 2.24) is 4.98 Å². The molecule has 1 aromatic heterocycles. The van der Waals surface area contributed by atoms with Crippen LogP contribution in [-0.2, 0) is 15.9 Å². The third-order valence-electron chi connectivity index (χ3n) is 5.27. The Morgan fingerprint density at radius 1 is 0.971 bits per heavy atom. The van der Waals surface area contributed by atoms with E-state index in [4.69, 9.17) is 9.47 Å². The Labute approximate surface area is 198 Å². The zero-order valence-corrected chi connectivity index (χ0v) is 19.7. The Kier molecular flexibility index (Phi) is 7.99. The van der Waals surface area contributed by atoms with E-state index >= 15 is 4.39 Å². The van der Waals surface area contributed by atoms with Gasteiger partial charge in [-0.3, -0.25) is 4.79 Å². The van der Waals surface area contributed by atoms with Crippen molar-refractivity contribution in [3.63, 3.8) is 0 Å². The number of hydrogen-bond acceptors (Lipinski definition) is 5. The number of aryl methyl sites for hydroxylation is 1. The van der Waals surface area contributed by atoms with Gasteiger partial charge < -0.3 is 14.5 Å². The highest BCUT2D eigenvalue weighted by molar-refractivity contribution is 6.11. The molecule has 0 saturated carbocycles. The first-order valence-electron chi connectivity index (χ1n) is 11.2. The van der Waals surface area contributed by atoms with Crippen LogP contribution >= 0.6 is 0 Å². The predicted octanol–water partition coefficient (Wildman–Crippen LogP) is 5.60. The molecule has 0 aliphatic rings. The zero-order valence-electron chi connectivity index (χ0n) is 19.7. The lowest BCUT2D eigenvalue weighted by Crippen LogP contribution is -2.11. The number of carbonyl (C=O) groups excluding carboxylic acids is 3. The Balaban J connectivity index is 1.96. The number of carbonyl (C=O) groups is 3. The third-order valence-corrected chi connectivity index (χ3v) is 5.27. The Hall–Kier alpha value is -3.74. The minimum Gasteiger partial charge on any atom is -0.464 e. The van der Waals surface area contributed by atoms with Crippen molar-refractivity contribution in [1.29, 1.82) is 0 Å². The Bertz CT molecular complexity index is 1210. The maximum atomic E-state index is 15.2. The number of aromatic nitrogens is 1. The van der Waals surface area contributed by atoms with Gasteiger partial charge in [-0.05, 0) is 47.7 Å². The second kappa shape index (κ2) is 10.9. The summed E-state index contributed by atoms with van der Waals surface area (Å²) < 4.78 is 25.2. The maximum absolute atomic E-state index is 15.2. The van der Waals surface area contributed by atoms with E-state index in [2.05, 4.69) is 4.98 Å². The first-order valence-corrected chi connectivity index (χ1v) is 11.2. The highest BCUT2D eigenvalue weighted by Gasteiger charge is 2.23. The standard InChI is InChI=1S/C27H28FNO5/c1-5-8-23-21(14-24(29-23)27(32)33-4)25(30)20-12-11-17(13-22(20)28)18-9-6-7-10-19(18)26(31)34-15-16(2)3/h6-7,9-14,16,29H,5,8,15H2,1-4H3. The van der Waals surface area contributed by atoms with Crippen LogP contribution in [0.3, 0.4) is 0 Å². The third kappa shape index (κ3) is 5.42. The average molecular weight is 466 g/mol. The van der Waals surface area contributed by atoms with Gasteiger partial charge in [-0.25, -0.2) is 14.0 Å². The summed E-state index contributed by atoms with van der Waals surface area (Å²) in [5.41, 5.74) is 2.07. The number of halogens is 1. The number of ketones is 1. The zero-order chi connectivity index (χ0) is 24.8. The molecule has 0 spiro atoms. The lowest BCUT2D eigenvalue weighted by molar-refractivity contribution is 0.0459. The maximum Gasteiger partial charge on any atom is 0.354 e. The molecule has 0 amide bonds. The average Bonchev–Trinajstić information content (AvgIpc) is 3.25. The molecule has 0 fully saturated rings. The molecule has 2 aromatic carbocycles. The van der Waals surface area contributed by atoms with Gasteiger partial charge in [-0.2, -0.15) is 0 Å². The van der Waals surface area contributed by atoms with Crippen molar-refractivity contribution < 1.29 is 28.2 Å². The first kappa shape index (κ1) is 24.9. The summed E-state index contributed by atoms with van der Waals surface area (Å²) in [5, 5.41) is 0. The van der Waals surface area contributed by atoms with Crippen molar-refractivity contribution in [2.45, 2.75) is 33.6 Å². The quantitative estimate of drug-likeness (QED) is 0.328. The van der Waals surface area contributed by atoms with Gasteiger partial charge in [0.2, 0.25) is 0 Å². The van der Waals surface area contributed by atoms with Crippen molar-refractivity contribution in [2.24, 2.45) is 5.92 Å². The van der Waals surface area contributed by atoms with Crippen LogP contribution in [0.5, 0.6) is 0 Å². The molecule has 3 aromatic rings. The van der Waals surface area contributed by atoms with E-state index in [1.807, 2.05) is 20.8 Å². The van der Waals surface area contributed by atoms with E-state index < -0.39 is 23.5 Å². The van der Waals surface area contributed by atoms with Crippen LogP contribution in [0.1, 0.15) is 69.7 Å². The van der Waals surface area contributed by atoms with Gasteiger partial charge in [0.1, 0.15) is 11.5 Å². The summed E-state index contributed by atoms with van der Waals surface area (Å²) in [6.45, 7) is 6.09. The fourth-order valence-corrected chi connectivity index (χ4v) is 3.61. The minimum atomic E-state index is -0.726. The van der Waals surface area contributed by atoms with Crippen molar-refractivity contribution in [3.05, 3.63) is 82.4 Å². The van der Waals surface area contributed by atoms with Crippen molar-refractivity contribution in [3.8, 4) is 11.1 Å². The molecule has 0 saturated heterocycles. The number of benzene rings is 2. The van der Waals surface area contributed by atoms with Gasteiger partial charge in [-0.15, -0.1) is 0 Å². The summed E-state index contributed by atoms with van der Waals surface area (Å²) in [6.07, 6.45) is 1.25. The number of H-pyrrole nitrogens is 1. The second-order valence-electron chi connectivity index (χ2n) is 8.38. The van der Waals surface area contributed by atoms with Crippen molar-refractivity contribution >= 4 is 17.7 Å². The lowest BCUT2D eigenvalue weighted by Gasteiger charge is -2.12. The molecule has 7 heteroatoms. The molecule has 0 aliphatic heterocycles. The topological polar surface area (TPSA) is 85.5 Å². The molecule has 0 radical (unpaired) electrons. The minimum absolute atomic E-state index is 0.128. The van der Waals surface area contributed by atoms with Crippen LogP contribution < -0.4 is 0 Å². The summed E-state index contributed by atoms with van der Waals surface area (Å²) in [5.74, 6) is -2.17. The molecule has 0 atom stereocenters. The van der Waals surface area contributed by atoms with Crippen LogP contribution in [0.25, 0.3) is 11.1 Å². The number of methoxy groups -OCH3 is 1. The van der Waals surface area contributed by atoms with Gasteiger partial charge >= 0.3 is 11.9 Å². The second-order valence-corrected chi connectivity index (χ2v) is 8.38. The van der Waals surface area contributed by atoms with Gasteiger partial charge in [0, 0.05) is 11.3 Å². The molecular formula is C27H28FNO5. The number of esters is 2. The van der Waals surface area contributed by atoms with E-state index in [0.717, 1.165) is 6.42 Å². The molecule has 178 valence electrons. The summed E-state index contributed by atoms with van der Waals surface area (Å²) in [7, 11) is 1.25. The largest absolute Gasteiger partial charge is 0.464 e. The molecule has 0 unspecified atom stereocenters. The Morgan fingerprint density at radius 2 is 1.71 bits per heavy atom. The van der Waals surface area contributed by atoms with E-state index in [-0.39, 0.29) is 29.3 Å². The van der Waals surface area contributed by atoms with Crippen LogP contribution in [0.4, 0.5) is 4.39 Å². The van der Waals surface area contributed by atoms with E-state index in [1.165, 1.54) is 25.3 Å². The summed E-state index contributed by atoms with van der Waals surface area (Å²) in [4.78, 5) is 40.5. The van der Waals surface area contributed by atoms with Crippen LogP contribution in [0, 0.1) is 11.7 Å². The molecule has 3 rings (SSSR count). The van der Waals surface area contributed by atoms with Crippen molar-refractivity contribution in [2.75, 3.05) is 13.7 Å². The smallest absolute Gasteiger partial charge is 0.354 e. The summed E-state index contributed by atoms with van der Waals surface area (Å²) >= 11 is 0. The molecule has 6 nitrogen and oxygen atoms in total.